The van der Waals surface area contributed by atoms with Gasteiger partial charge in [0.25, 0.3) is 5.91 Å². The first-order chi connectivity index (χ1) is 10.7. The average molecular weight is 366 g/mol. The number of hydrogen-bond donors (Lipinski definition) is 1. The zero-order valence-corrected chi connectivity index (χ0v) is 13.9. The van der Waals surface area contributed by atoms with Crippen molar-refractivity contribution in [3.63, 3.8) is 0 Å². The van der Waals surface area contributed by atoms with Crippen LogP contribution in [0.5, 0.6) is 11.9 Å². The van der Waals surface area contributed by atoms with Gasteiger partial charge in [-0.05, 0) is 41.9 Å². The fourth-order valence-electron chi connectivity index (χ4n) is 1.72. The molecule has 1 heterocycles. The van der Waals surface area contributed by atoms with Gasteiger partial charge in [-0.3, -0.25) is 4.79 Å². The molecule has 1 aromatic carbocycles. The minimum atomic E-state index is -0.277. The predicted octanol–water partition coefficient (Wildman–Crippen LogP) is 3.29. The van der Waals surface area contributed by atoms with Crippen molar-refractivity contribution in [3.05, 3.63) is 40.5 Å². The Morgan fingerprint density at radius 1 is 1.23 bits per heavy atom. The van der Waals surface area contributed by atoms with Crippen LogP contribution in [0.25, 0.3) is 0 Å². The molecular formula is C15H16BrN3O3. The SMILES string of the molecule is CCOc1ncc(NC(=O)c2ccccc2Br)c(OCC)n1. The molecule has 0 aliphatic rings. The predicted molar refractivity (Wildman–Crippen MR) is 86.5 cm³/mol. The van der Waals surface area contributed by atoms with E-state index in [-0.39, 0.29) is 17.8 Å². The first-order valence-corrected chi connectivity index (χ1v) is 7.63. The number of hydrogen-bond acceptors (Lipinski definition) is 5. The van der Waals surface area contributed by atoms with Gasteiger partial charge in [0.2, 0.25) is 5.88 Å². The Hall–Kier alpha value is -2.15. The molecule has 0 bridgehead atoms. The molecule has 0 atom stereocenters. The highest BCUT2D eigenvalue weighted by molar-refractivity contribution is 9.10. The second-order valence-electron chi connectivity index (χ2n) is 4.17. The van der Waals surface area contributed by atoms with Crippen molar-refractivity contribution in [1.29, 1.82) is 0 Å². The van der Waals surface area contributed by atoms with Gasteiger partial charge in [0.05, 0.1) is 25.0 Å². The summed E-state index contributed by atoms with van der Waals surface area (Å²) >= 11 is 3.35. The van der Waals surface area contributed by atoms with E-state index >= 15 is 0 Å². The first kappa shape index (κ1) is 16.2. The maximum Gasteiger partial charge on any atom is 0.319 e. The van der Waals surface area contributed by atoms with E-state index in [0.717, 1.165) is 0 Å². The number of ether oxygens (including phenoxy) is 2. The van der Waals surface area contributed by atoms with Crippen molar-refractivity contribution in [2.75, 3.05) is 18.5 Å². The highest BCUT2D eigenvalue weighted by atomic mass is 79.9. The molecule has 22 heavy (non-hydrogen) atoms. The van der Waals surface area contributed by atoms with Gasteiger partial charge in [0.15, 0.2) is 0 Å². The highest BCUT2D eigenvalue weighted by Crippen LogP contribution is 2.25. The highest BCUT2D eigenvalue weighted by Gasteiger charge is 2.15. The van der Waals surface area contributed by atoms with Gasteiger partial charge in [-0.25, -0.2) is 4.98 Å². The smallest absolute Gasteiger partial charge is 0.319 e. The monoisotopic (exact) mass is 365 g/mol. The van der Waals surface area contributed by atoms with Gasteiger partial charge in [-0.2, -0.15) is 4.98 Å². The van der Waals surface area contributed by atoms with Gasteiger partial charge in [-0.15, -0.1) is 0 Å². The van der Waals surface area contributed by atoms with Crippen LogP contribution in [0.2, 0.25) is 0 Å². The Balaban J connectivity index is 2.24. The minimum Gasteiger partial charge on any atom is -0.476 e. The van der Waals surface area contributed by atoms with E-state index in [2.05, 4.69) is 31.2 Å². The molecule has 116 valence electrons. The number of anilines is 1. The third-order valence-corrected chi connectivity index (χ3v) is 3.34. The quantitative estimate of drug-likeness (QED) is 0.849. The van der Waals surface area contributed by atoms with Crippen molar-refractivity contribution in [1.82, 2.24) is 9.97 Å². The molecule has 1 aromatic heterocycles. The Morgan fingerprint density at radius 2 is 1.95 bits per heavy atom. The number of carbonyl (C=O) groups excluding carboxylic acids is 1. The lowest BCUT2D eigenvalue weighted by Gasteiger charge is -2.12. The van der Waals surface area contributed by atoms with Gasteiger partial charge in [0.1, 0.15) is 5.69 Å². The molecule has 0 aliphatic carbocycles. The maximum absolute atomic E-state index is 12.3. The van der Waals surface area contributed by atoms with Crippen molar-refractivity contribution in [2.45, 2.75) is 13.8 Å². The first-order valence-electron chi connectivity index (χ1n) is 6.84. The molecule has 2 rings (SSSR count). The zero-order valence-electron chi connectivity index (χ0n) is 12.3. The number of nitrogens with zero attached hydrogens (tertiary/aromatic N) is 2. The van der Waals surface area contributed by atoms with Crippen molar-refractivity contribution in [3.8, 4) is 11.9 Å². The van der Waals surface area contributed by atoms with E-state index in [1.54, 1.807) is 18.2 Å². The summed E-state index contributed by atoms with van der Waals surface area (Å²) in [5, 5.41) is 2.75. The van der Waals surface area contributed by atoms with Crippen LogP contribution in [0.1, 0.15) is 24.2 Å². The molecule has 0 saturated carbocycles. The van der Waals surface area contributed by atoms with E-state index in [1.165, 1.54) is 6.20 Å². The molecule has 0 saturated heterocycles. The van der Waals surface area contributed by atoms with E-state index in [9.17, 15) is 4.79 Å². The fraction of sp³-hybridized carbons (Fsp3) is 0.267. The fourth-order valence-corrected chi connectivity index (χ4v) is 2.18. The van der Waals surface area contributed by atoms with Crippen molar-refractivity contribution >= 4 is 27.5 Å². The molecule has 1 N–H and O–H groups in total. The number of nitrogens with one attached hydrogen (secondary N) is 1. The molecule has 0 spiro atoms. The molecule has 0 unspecified atom stereocenters. The van der Waals surface area contributed by atoms with Gasteiger partial charge < -0.3 is 14.8 Å². The topological polar surface area (TPSA) is 73.3 Å². The van der Waals surface area contributed by atoms with Crippen LogP contribution in [-0.4, -0.2) is 29.1 Å². The zero-order chi connectivity index (χ0) is 15.9. The third kappa shape index (κ3) is 3.94. The summed E-state index contributed by atoms with van der Waals surface area (Å²) in [6.07, 6.45) is 1.47. The number of benzene rings is 1. The van der Waals surface area contributed by atoms with Crippen LogP contribution in [0.4, 0.5) is 5.69 Å². The number of aromatic nitrogens is 2. The minimum absolute atomic E-state index is 0.213. The standard InChI is InChI=1S/C15H16BrN3O3/c1-3-21-14-12(9-17-15(19-14)22-4-2)18-13(20)10-7-5-6-8-11(10)16/h5-9H,3-4H2,1-2H3,(H,18,20). The molecule has 1 amide bonds. The number of amides is 1. The Labute approximate surface area is 137 Å². The van der Waals surface area contributed by atoms with E-state index in [0.29, 0.717) is 28.9 Å². The summed E-state index contributed by atoms with van der Waals surface area (Å²) in [6, 6.07) is 7.36. The molecule has 7 heteroatoms. The van der Waals surface area contributed by atoms with Gasteiger partial charge in [0, 0.05) is 4.47 Å². The normalized spacial score (nSPS) is 10.1. The molecule has 2 aromatic rings. The van der Waals surface area contributed by atoms with Crippen LogP contribution in [-0.2, 0) is 0 Å². The van der Waals surface area contributed by atoms with Crippen molar-refractivity contribution in [2.24, 2.45) is 0 Å². The number of rotatable bonds is 6. The lowest BCUT2D eigenvalue weighted by Crippen LogP contribution is -2.14. The molecular weight excluding hydrogens is 350 g/mol. The van der Waals surface area contributed by atoms with Gasteiger partial charge >= 0.3 is 6.01 Å². The summed E-state index contributed by atoms with van der Waals surface area (Å²) < 4.78 is 11.4. The molecule has 0 fully saturated rings. The molecule has 0 aliphatic heterocycles. The maximum atomic E-state index is 12.3. The summed E-state index contributed by atoms with van der Waals surface area (Å²) in [6.45, 7) is 4.54. The van der Waals surface area contributed by atoms with Crippen LogP contribution < -0.4 is 14.8 Å². The van der Waals surface area contributed by atoms with Crippen molar-refractivity contribution < 1.29 is 14.3 Å². The Bertz CT molecular complexity index is 664. The average Bonchev–Trinajstić information content (AvgIpc) is 2.51. The summed E-state index contributed by atoms with van der Waals surface area (Å²) in [7, 11) is 0. The van der Waals surface area contributed by atoms with Gasteiger partial charge in [-0.1, -0.05) is 12.1 Å². The van der Waals surface area contributed by atoms with E-state index in [1.807, 2.05) is 19.9 Å². The van der Waals surface area contributed by atoms with E-state index in [4.69, 9.17) is 9.47 Å². The van der Waals surface area contributed by atoms with E-state index < -0.39 is 0 Å². The van der Waals surface area contributed by atoms with Crippen LogP contribution in [0.3, 0.4) is 0 Å². The summed E-state index contributed by atoms with van der Waals surface area (Å²) in [5.74, 6) is 0.00235. The largest absolute Gasteiger partial charge is 0.476 e. The van der Waals surface area contributed by atoms with Crippen LogP contribution in [0, 0.1) is 0 Å². The molecule has 0 radical (unpaired) electrons. The Morgan fingerprint density at radius 3 is 2.64 bits per heavy atom. The van der Waals surface area contributed by atoms with Crippen LogP contribution >= 0.6 is 15.9 Å². The lowest BCUT2D eigenvalue weighted by atomic mass is 10.2. The number of halogens is 1. The lowest BCUT2D eigenvalue weighted by molar-refractivity contribution is 0.102. The third-order valence-electron chi connectivity index (χ3n) is 2.65. The van der Waals surface area contributed by atoms with Crippen LogP contribution in [0.15, 0.2) is 34.9 Å². The Kier molecular flexibility index (Phi) is 5.71. The second-order valence-corrected chi connectivity index (χ2v) is 5.03. The molecule has 6 nitrogen and oxygen atoms in total. The number of carbonyl (C=O) groups is 1. The summed E-state index contributed by atoms with van der Waals surface area (Å²) in [5.41, 5.74) is 0.907. The summed E-state index contributed by atoms with van der Waals surface area (Å²) in [4.78, 5) is 20.5. The second kappa shape index (κ2) is 7.74.